The molecule has 6 N–H and O–H groups in total. The van der Waals surface area contributed by atoms with Crippen LogP contribution in [0.4, 0.5) is 0 Å². The van der Waals surface area contributed by atoms with E-state index in [2.05, 4.69) is 0 Å². The zero-order valence-corrected chi connectivity index (χ0v) is 11.9. The minimum Gasteiger partial charge on any atom is -0.481 e. The SMILES string of the molecule is O=C(O)CCCCCCN1C(O)[C@H](O)[C@@H](O)[C@H](O)[C@H]1CO. The first kappa shape index (κ1) is 18.3. The summed E-state index contributed by atoms with van der Waals surface area (Å²) in [4.78, 5) is 11.7. The van der Waals surface area contributed by atoms with Crippen LogP contribution in [-0.4, -0.2) is 85.2 Å². The second-order valence-electron chi connectivity index (χ2n) is 5.43. The summed E-state index contributed by atoms with van der Waals surface area (Å²) in [5.41, 5.74) is 0. The van der Waals surface area contributed by atoms with Gasteiger partial charge in [0.2, 0.25) is 0 Å². The highest BCUT2D eigenvalue weighted by Crippen LogP contribution is 2.23. The number of rotatable bonds is 8. The second kappa shape index (κ2) is 8.62. The maximum absolute atomic E-state index is 10.4. The minimum absolute atomic E-state index is 0.120. The zero-order valence-electron chi connectivity index (χ0n) is 11.9. The first-order valence-electron chi connectivity index (χ1n) is 7.20. The largest absolute Gasteiger partial charge is 0.481 e. The van der Waals surface area contributed by atoms with Gasteiger partial charge in [-0.25, -0.2) is 0 Å². The topological polar surface area (TPSA) is 142 Å². The third-order valence-corrected chi connectivity index (χ3v) is 3.91. The van der Waals surface area contributed by atoms with Crippen LogP contribution in [0.3, 0.4) is 0 Å². The number of aliphatic hydroxyl groups is 5. The van der Waals surface area contributed by atoms with Crippen LogP contribution in [-0.2, 0) is 4.79 Å². The molecule has 0 aromatic carbocycles. The van der Waals surface area contributed by atoms with Gasteiger partial charge in [-0.15, -0.1) is 0 Å². The molecule has 0 aliphatic carbocycles. The standard InChI is InChI=1S/C13H25NO7/c15-7-8-10(18)11(19)12(20)13(21)14(8)6-4-2-1-3-5-9(16)17/h8,10-13,15,18-21H,1-7H2,(H,16,17)/t8-,10-,11+,12-,13?/m1/s1. The van der Waals surface area contributed by atoms with Crippen LogP contribution in [0.5, 0.6) is 0 Å². The van der Waals surface area contributed by atoms with Crippen LogP contribution in [0.2, 0.25) is 0 Å². The van der Waals surface area contributed by atoms with Gasteiger partial charge in [0.25, 0.3) is 0 Å². The van der Waals surface area contributed by atoms with E-state index >= 15 is 0 Å². The van der Waals surface area contributed by atoms with E-state index in [0.717, 1.165) is 12.8 Å². The van der Waals surface area contributed by atoms with E-state index in [1.165, 1.54) is 4.90 Å². The second-order valence-corrected chi connectivity index (χ2v) is 5.43. The molecule has 0 aromatic heterocycles. The van der Waals surface area contributed by atoms with Gasteiger partial charge >= 0.3 is 5.97 Å². The fourth-order valence-electron chi connectivity index (χ4n) is 2.63. The first-order valence-corrected chi connectivity index (χ1v) is 7.20. The van der Waals surface area contributed by atoms with E-state index in [0.29, 0.717) is 19.4 Å². The number of aliphatic carboxylic acids is 1. The molecule has 0 bridgehead atoms. The number of carbonyl (C=O) groups is 1. The van der Waals surface area contributed by atoms with Gasteiger partial charge in [0.05, 0.1) is 12.6 Å². The molecule has 8 heteroatoms. The summed E-state index contributed by atoms with van der Waals surface area (Å²) in [5.74, 6) is -0.831. The van der Waals surface area contributed by atoms with Crippen molar-refractivity contribution in [3.63, 3.8) is 0 Å². The molecule has 124 valence electrons. The normalized spacial score (nSPS) is 34.0. The van der Waals surface area contributed by atoms with Crippen molar-refractivity contribution in [2.24, 2.45) is 0 Å². The van der Waals surface area contributed by atoms with E-state index < -0.39 is 43.2 Å². The number of piperidine rings is 1. The van der Waals surface area contributed by atoms with Crippen LogP contribution in [0.25, 0.3) is 0 Å². The molecule has 8 nitrogen and oxygen atoms in total. The van der Waals surface area contributed by atoms with Gasteiger partial charge in [-0.1, -0.05) is 12.8 Å². The van der Waals surface area contributed by atoms with Crippen LogP contribution >= 0.6 is 0 Å². The molecule has 1 aliphatic heterocycles. The van der Waals surface area contributed by atoms with Crippen LogP contribution in [0.15, 0.2) is 0 Å². The van der Waals surface area contributed by atoms with Crippen molar-refractivity contribution in [1.82, 2.24) is 4.90 Å². The molecule has 0 amide bonds. The number of likely N-dealkylation sites (tertiary alicyclic amines) is 1. The lowest BCUT2D eigenvalue weighted by molar-refractivity contribution is -0.222. The molecule has 1 unspecified atom stereocenters. The Labute approximate surface area is 123 Å². The van der Waals surface area contributed by atoms with Gasteiger partial charge in [0.1, 0.15) is 24.5 Å². The molecule has 0 radical (unpaired) electrons. The number of hydrogen-bond acceptors (Lipinski definition) is 7. The third kappa shape index (κ3) is 4.87. The lowest BCUT2D eigenvalue weighted by Crippen LogP contribution is -2.67. The van der Waals surface area contributed by atoms with E-state index in [1.807, 2.05) is 0 Å². The van der Waals surface area contributed by atoms with Gasteiger partial charge in [0, 0.05) is 13.0 Å². The summed E-state index contributed by atoms with van der Waals surface area (Å²) in [6, 6.07) is -0.836. The fourth-order valence-corrected chi connectivity index (χ4v) is 2.63. The summed E-state index contributed by atoms with van der Waals surface area (Å²) in [6.07, 6.45) is -2.88. The van der Waals surface area contributed by atoms with Crippen molar-refractivity contribution in [3.05, 3.63) is 0 Å². The third-order valence-electron chi connectivity index (χ3n) is 3.91. The predicted molar refractivity (Wildman–Crippen MR) is 72.3 cm³/mol. The van der Waals surface area contributed by atoms with E-state index in [9.17, 15) is 30.3 Å². The molecular weight excluding hydrogens is 282 g/mol. The van der Waals surface area contributed by atoms with Crippen molar-refractivity contribution in [2.45, 2.75) is 62.7 Å². The van der Waals surface area contributed by atoms with Crippen LogP contribution in [0.1, 0.15) is 32.1 Å². The highest BCUT2D eigenvalue weighted by molar-refractivity contribution is 5.66. The number of hydrogen-bond donors (Lipinski definition) is 6. The molecule has 1 rings (SSSR count). The molecule has 0 saturated carbocycles. The Kier molecular flexibility index (Phi) is 7.50. The molecule has 1 saturated heterocycles. The molecule has 1 fully saturated rings. The maximum atomic E-state index is 10.4. The number of carboxylic acid groups (broad SMARTS) is 1. The van der Waals surface area contributed by atoms with Crippen molar-refractivity contribution in [1.29, 1.82) is 0 Å². The smallest absolute Gasteiger partial charge is 0.303 e. The fraction of sp³-hybridized carbons (Fsp3) is 0.923. The molecule has 21 heavy (non-hydrogen) atoms. The number of aliphatic hydroxyl groups excluding tert-OH is 5. The molecule has 0 spiro atoms. The Balaban J connectivity index is 2.41. The summed E-state index contributed by atoms with van der Waals surface area (Å²) >= 11 is 0. The first-order chi connectivity index (χ1) is 9.90. The number of unbranched alkanes of at least 4 members (excludes halogenated alkanes) is 3. The average Bonchev–Trinajstić information content (AvgIpc) is 2.45. The van der Waals surface area contributed by atoms with E-state index in [4.69, 9.17) is 5.11 Å². The van der Waals surface area contributed by atoms with Gasteiger partial charge in [-0.3, -0.25) is 9.69 Å². The van der Waals surface area contributed by atoms with Crippen molar-refractivity contribution >= 4 is 5.97 Å². The Morgan fingerprint density at radius 3 is 2.10 bits per heavy atom. The van der Waals surface area contributed by atoms with E-state index in [1.54, 1.807) is 0 Å². The molecule has 1 aliphatic rings. The van der Waals surface area contributed by atoms with Crippen LogP contribution < -0.4 is 0 Å². The summed E-state index contributed by atoms with van der Waals surface area (Å²) in [7, 11) is 0. The highest BCUT2D eigenvalue weighted by Gasteiger charge is 2.46. The van der Waals surface area contributed by atoms with Gasteiger partial charge < -0.3 is 30.6 Å². The lowest BCUT2D eigenvalue weighted by atomic mass is 9.92. The van der Waals surface area contributed by atoms with Gasteiger partial charge in [-0.05, 0) is 12.8 Å². The van der Waals surface area contributed by atoms with Gasteiger partial charge in [-0.2, -0.15) is 0 Å². The summed E-state index contributed by atoms with van der Waals surface area (Å²) in [6.45, 7) is -0.110. The number of nitrogens with zero attached hydrogens (tertiary/aromatic N) is 1. The molecular formula is C13H25NO7. The highest BCUT2D eigenvalue weighted by atomic mass is 16.4. The van der Waals surface area contributed by atoms with Crippen molar-refractivity contribution in [3.8, 4) is 0 Å². The quantitative estimate of drug-likeness (QED) is 0.286. The molecule has 1 heterocycles. The Bertz CT molecular complexity index is 328. The monoisotopic (exact) mass is 307 g/mol. The van der Waals surface area contributed by atoms with Gasteiger partial charge in [0.15, 0.2) is 0 Å². The minimum atomic E-state index is -1.50. The summed E-state index contributed by atoms with van der Waals surface area (Å²) < 4.78 is 0. The van der Waals surface area contributed by atoms with Crippen LogP contribution in [0, 0.1) is 0 Å². The number of carboxylic acids is 1. The molecule has 0 aromatic rings. The Hall–Kier alpha value is -0.770. The van der Waals surface area contributed by atoms with Crippen molar-refractivity contribution < 1.29 is 35.4 Å². The summed E-state index contributed by atoms with van der Waals surface area (Å²) in [5, 5.41) is 56.8. The maximum Gasteiger partial charge on any atom is 0.303 e. The Morgan fingerprint density at radius 1 is 0.905 bits per heavy atom. The lowest BCUT2D eigenvalue weighted by Gasteiger charge is -2.46. The predicted octanol–water partition coefficient (Wildman–Crippen LogP) is -1.90. The van der Waals surface area contributed by atoms with Crippen molar-refractivity contribution in [2.75, 3.05) is 13.2 Å². The molecule has 5 atom stereocenters. The zero-order chi connectivity index (χ0) is 16.0. The Morgan fingerprint density at radius 2 is 1.52 bits per heavy atom. The average molecular weight is 307 g/mol. The van der Waals surface area contributed by atoms with E-state index in [-0.39, 0.29) is 6.42 Å².